The van der Waals surface area contributed by atoms with Crippen molar-refractivity contribution in [3.8, 4) is 15.6 Å². The Morgan fingerprint density at radius 1 is 1.26 bits per heavy atom. The molecule has 0 radical (unpaired) electrons. The van der Waals surface area contributed by atoms with Gasteiger partial charge in [-0.1, -0.05) is 6.07 Å². The first-order chi connectivity index (χ1) is 11.2. The molecule has 118 valence electrons. The van der Waals surface area contributed by atoms with Crippen LogP contribution in [0.5, 0.6) is 5.75 Å². The van der Waals surface area contributed by atoms with E-state index in [2.05, 4.69) is 10.3 Å². The van der Waals surface area contributed by atoms with Crippen LogP contribution in [0.15, 0.2) is 48.0 Å². The third-order valence-corrected chi connectivity index (χ3v) is 4.97. The highest BCUT2D eigenvalue weighted by atomic mass is 32.1. The van der Waals surface area contributed by atoms with Crippen molar-refractivity contribution in [2.24, 2.45) is 0 Å². The van der Waals surface area contributed by atoms with E-state index in [9.17, 15) is 9.18 Å². The van der Waals surface area contributed by atoms with Gasteiger partial charge in [0.1, 0.15) is 28.1 Å². The molecule has 1 amide bonds. The minimum Gasteiger partial charge on any atom is -0.492 e. The zero-order valence-electron chi connectivity index (χ0n) is 12.0. The van der Waals surface area contributed by atoms with Crippen LogP contribution >= 0.6 is 22.7 Å². The summed E-state index contributed by atoms with van der Waals surface area (Å²) in [6.07, 6.45) is 1.58. The molecule has 2 heterocycles. The minimum absolute atomic E-state index is 0.173. The highest BCUT2D eigenvalue weighted by Crippen LogP contribution is 2.28. The van der Waals surface area contributed by atoms with Crippen molar-refractivity contribution in [2.45, 2.75) is 0 Å². The summed E-state index contributed by atoms with van der Waals surface area (Å²) in [5.74, 6) is 0.0869. The second-order valence-electron chi connectivity index (χ2n) is 4.57. The van der Waals surface area contributed by atoms with Crippen LogP contribution in [-0.2, 0) is 0 Å². The standard InChI is InChI=1S/C16H13FN2O2S2/c17-11-3-5-12(6-4-11)21-8-7-18-15(20)14-10-19-16(23-14)13-2-1-9-22-13/h1-6,9-10H,7-8H2,(H,18,20). The van der Waals surface area contributed by atoms with Gasteiger partial charge in [-0.05, 0) is 35.7 Å². The first-order valence-corrected chi connectivity index (χ1v) is 8.58. The Morgan fingerprint density at radius 3 is 2.83 bits per heavy atom. The predicted molar refractivity (Wildman–Crippen MR) is 89.7 cm³/mol. The summed E-state index contributed by atoms with van der Waals surface area (Å²) in [6, 6.07) is 9.69. The molecule has 7 heteroatoms. The van der Waals surface area contributed by atoms with Crippen molar-refractivity contribution in [1.82, 2.24) is 10.3 Å². The van der Waals surface area contributed by atoms with Crippen LogP contribution in [0.4, 0.5) is 4.39 Å². The van der Waals surface area contributed by atoms with Crippen molar-refractivity contribution >= 4 is 28.6 Å². The molecule has 0 aliphatic rings. The number of aromatic nitrogens is 1. The fourth-order valence-corrected chi connectivity index (χ4v) is 3.48. The number of nitrogens with one attached hydrogen (secondary N) is 1. The highest BCUT2D eigenvalue weighted by molar-refractivity contribution is 7.21. The van der Waals surface area contributed by atoms with Gasteiger partial charge in [0.15, 0.2) is 0 Å². The number of benzene rings is 1. The van der Waals surface area contributed by atoms with Gasteiger partial charge in [-0.15, -0.1) is 22.7 Å². The molecule has 0 aliphatic heterocycles. The molecule has 0 atom stereocenters. The molecule has 0 fully saturated rings. The molecule has 3 aromatic rings. The lowest BCUT2D eigenvalue weighted by molar-refractivity contribution is 0.0951. The van der Waals surface area contributed by atoms with Gasteiger partial charge >= 0.3 is 0 Å². The maximum Gasteiger partial charge on any atom is 0.263 e. The van der Waals surface area contributed by atoms with Gasteiger partial charge in [0.2, 0.25) is 0 Å². The van der Waals surface area contributed by atoms with E-state index in [4.69, 9.17) is 4.74 Å². The minimum atomic E-state index is -0.308. The number of hydrogen-bond acceptors (Lipinski definition) is 5. The van der Waals surface area contributed by atoms with Gasteiger partial charge in [-0.3, -0.25) is 4.79 Å². The lowest BCUT2D eigenvalue weighted by atomic mass is 10.3. The average molecular weight is 348 g/mol. The monoisotopic (exact) mass is 348 g/mol. The summed E-state index contributed by atoms with van der Waals surface area (Å²) >= 11 is 2.95. The first-order valence-electron chi connectivity index (χ1n) is 6.88. The summed E-state index contributed by atoms with van der Waals surface area (Å²) in [6.45, 7) is 0.677. The number of amides is 1. The fraction of sp³-hybridized carbons (Fsp3) is 0.125. The highest BCUT2D eigenvalue weighted by Gasteiger charge is 2.11. The number of rotatable bonds is 6. The molecule has 2 aromatic heterocycles. The number of thiophene rings is 1. The molecule has 0 unspecified atom stereocenters. The SMILES string of the molecule is O=C(NCCOc1ccc(F)cc1)c1cnc(-c2cccs2)s1. The molecule has 1 N–H and O–H groups in total. The Morgan fingerprint density at radius 2 is 2.09 bits per heavy atom. The van der Waals surface area contributed by atoms with Gasteiger partial charge < -0.3 is 10.1 Å². The van der Waals surface area contributed by atoms with Crippen molar-refractivity contribution in [2.75, 3.05) is 13.2 Å². The third kappa shape index (κ3) is 4.14. The van der Waals surface area contributed by atoms with E-state index in [1.807, 2.05) is 17.5 Å². The molecule has 4 nitrogen and oxygen atoms in total. The number of carbonyl (C=O) groups excluding carboxylic acids is 1. The lowest BCUT2D eigenvalue weighted by Gasteiger charge is -2.06. The van der Waals surface area contributed by atoms with Crippen LogP contribution < -0.4 is 10.1 Å². The molecular weight excluding hydrogens is 335 g/mol. The Hall–Kier alpha value is -2.25. The van der Waals surface area contributed by atoms with Crippen LogP contribution in [0, 0.1) is 5.82 Å². The molecule has 3 rings (SSSR count). The van der Waals surface area contributed by atoms with Crippen molar-refractivity contribution in [3.63, 3.8) is 0 Å². The molecule has 1 aromatic carbocycles. The zero-order valence-corrected chi connectivity index (χ0v) is 13.6. The quantitative estimate of drug-likeness (QED) is 0.689. The molecule has 0 bridgehead atoms. The van der Waals surface area contributed by atoms with E-state index in [-0.39, 0.29) is 11.7 Å². The average Bonchev–Trinajstić information content (AvgIpc) is 3.23. The number of thiazole rings is 1. The Bertz CT molecular complexity index is 770. The number of nitrogens with zero attached hydrogens (tertiary/aromatic N) is 1. The number of hydrogen-bond donors (Lipinski definition) is 1. The predicted octanol–water partition coefficient (Wildman–Crippen LogP) is 3.82. The van der Waals surface area contributed by atoms with Gasteiger partial charge in [0.25, 0.3) is 5.91 Å². The molecule has 0 saturated heterocycles. The number of ether oxygens (including phenoxy) is 1. The molecule has 23 heavy (non-hydrogen) atoms. The topological polar surface area (TPSA) is 51.2 Å². The molecule has 0 spiro atoms. The Balaban J connectivity index is 1.47. The summed E-state index contributed by atoms with van der Waals surface area (Å²) in [7, 11) is 0. The van der Waals surface area contributed by atoms with Crippen LogP contribution in [0.3, 0.4) is 0 Å². The number of carbonyl (C=O) groups is 1. The smallest absolute Gasteiger partial charge is 0.263 e. The summed E-state index contributed by atoms with van der Waals surface area (Å²) in [5, 5.41) is 5.59. The zero-order chi connectivity index (χ0) is 16.1. The summed E-state index contributed by atoms with van der Waals surface area (Å²) < 4.78 is 18.2. The summed E-state index contributed by atoms with van der Waals surface area (Å²) in [5.41, 5.74) is 0. The second kappa shape index (κ2) is 7.34. The van der Waals surface area contributed by atoms with E-state index in [1.165, 1.54) is 23.5 Å². The fourth-order valence-electron chi connectivity index (χ4n) is 1.84. The van der Waals surface area contributed by atoms with Gasteiger partial charge in [0, 0.05) is 0 Å². The molecule has 0 saturated carbocycles. The van der Waals surface area contributed by atoms with Crippen LogP contribution in [0.2, 0.25) is 0 Å². The lowest BCUT2D eigenvalue weighted by Crippen LogP contribution is -2.27. The van der Waals surface area contributed by atoms with Crippen molar-refractivity contribution in [1.29, 1.82) is 0 Å². The molecule has 0 aliphatic carbocycles. The Labute approximate surface area is 140 Å². The van der Waals surface area contributed by atoms with E-state index >= 15 is 0 Å². The van der Waals surface area contributed by atoms with Gasteiger partial charge in [0.05, 0.1) is 17.6 Å². The van der Waals surface area contributed by atoms with Crippen molar-refractivity contribution in [3.05, 3.63) is 58.7 Å². The maximum absolute atomic E-state index is 12.8. The van der Waals surface area contributed by atoms with Crippen molar-refractivity contribution < 1.29 is 13.9 Å². The first kappa shape index (κ1) is 15.6. The van der Waals surface area contributed by atoms with Crippen LogP contribution in [0.1, 0.15) is 9.67 Å². The molecular formula is C16H13FN2O2S2. The largest absolute Gasteiger partial charge is 0.492 e. The normalized spacial score (nSPS) is 10.5. The number of halogens is 1. The van der Waals surface area contributed by atoms with E-state index in [0.717, 1.165) is 9.88 Å². The third-order valence-electron chi connectivity index (χ3n) is 2.93. The van der Waals surface area contributed by atoms with E-state index < -0.39 is 0 Å². The van der Waals surface area contributed by atoms with E-state index in [0.29, 0.717) is 23.8 Å². The Kier molecular flexibility index (Phi) is 4.99. The van der Waals surface area contributed by atoms with E-state index in [1.54, 1.807) is 29.7 Å². The van der Waals surface area contributed by atoms with Crippen LogP contribution in [-0.4, -0.2) is 24.0 Å². The van der Waals surface area contributed by atoms with Gasteiger partial charge in [-0.25, -0.2) is 9.37 Å². The summed E-state index contributed by atoms with van der Waals surface area (Å²) in [4.78, 5) is 17.9. The van der Waals surface area contributed by atoms with Crippen LogP contribution in [0.25, 0.3) is 9.88 Å². The van der Waals surface area contributed by atoms with Gasteiger partial charge in [-0.2, -0.15) is 0 Å². The second-order valence-corrected chi connectivity index (χ2v) is 6.54. The maximum atomic E-state index is 12.8.